The van der Waals surface area contributed by atoms with Gasteiger partial charge in [0.25, 0.3) is 5.91 Å². The number of amides is 1. The van der Waals surface area contributed by atoms with Crippen LogP contribution < -0.4 is 0 Å². The minimum Gasteiger partial charge on any atom is -0.274 e. The second kappa shape index (κ2) is 5.79. The zero-order chi connectivity index (χ0) is 14.7. The molecule has 3 nitrogen and oxygen atoms in total. The molecule has 0 fully saturated rings. The normalized spacial score (nSPS) is 10.4. The van der Waals surface area contributed by atoms with Crippen molar-refractivity contribution in [2.45, 2.75) is 0 Å². The first-order valence-electron chi connectivity index (χ1n) is 5.91. The van der Waals surface area contributed by atoms with E-state index in [-0.39, 0.29) is 11.1 Å². The second-order valence-corrected chi connectivity index (χ2v) is 4.17. The van der Waals surface area contributed by atoms with Crippen molar-refractivity contribution >= 4 is 5.91 Å². The van der Waals surface area contributed by atoms with Gasteiger partial charge in [0, 0.05) is 18.2 Å². The van der Waals surface area contributed by atoms with E-state index in [0.717, 1.165) is 11.1 Å². The summed E-state index contributed by atoms with van der Waals surface area (Å²) < 4.78 is 27.5. The maximum absolute atomic E-state index is 13.9. The lowest BCUT2D eigenvalue weighted by atomic mass is 10.0. The number of nitrogens with zero attached hydrogens (tertiary/aromatic N) is 1. The quantitative estimate of drug-likeness (QED) is 0.806. The molecule has 20 heavy (non-hydrogen) atoms. The Morgan fingerprint density at radius 2 is 1.80 bits per heavy atom. The summed E-state index contributed by atoms with van der Waals surface area (Å²) in [5, 5.41) is 0.946. The van der Waals surface area contributed by atoms with Crippen LogP contribution in [0.3, 0.4) is 0 Å². The van der Waals surface area contributed by atoms with Crippen LogP contribution in [0.1, 0.15) is 10.4 Å². The van der Waals surface area contributed by atoms with E-state index < -0.39 is 17.5 Å². The van der Waals surface area contributed by atoms with Gasteiger partial charge in [-0.15, -0.1) is 0 Å². The highest BCUT2D eigenvalue weighted by Crippen LogP contribution is 2.26. The molecule has 5 heteroatoms. The van der Waals surface area contributed by atoms with Crippen LogP contribution in [-0.2, 0) is 4.84 Å². The summed E-state index contributed by atoms with van der Waals surface area (Å²) in [5.74, 6) is -2.60. The Labute approximate surface area is 115 Å². The van der Waals surface area contributed by atoms with Gasteiger partial charge < -0.3 is 0 Å². The average molecular weight is 277 g/mol. The molecule has 0 atom stereocenters. The van der Waals surface area contributed by atoms with E-state index in [2.05, 4.69) is 0 Å². The van der Waals surface area contributed by atoms with E-state index in [9.17, 15) is 13.6 Å². The van der Waals surface area contributed by atoms with Gasteiger partial charge >= 0.3 is 0 Å². The van der Waals surface area contributed by atoms with Crippen LogP contribution in [0.4, 0.5) is 8.78 Å². The molecule has 2 aromatic rings. The SMILES string of the molecule is CON(C)C(=O)c1cc(F)c(F)c(-c2ccccc2)c1. The van der Waals surface area contributed by atoms with Crippen molar-refractivity contribution in [1.29, 1.82) is 0 Å². The molecule has 0 saturated carbocycles. The molecule has 0 heterocycles. The van der Waals surface area contributed by atoms with E-state index >= 15 is 0 Å². The van der Waals surface area contributed by atoms with Crippen LogP contribution >= 0.6 is 0 Å². The zero-order valence-electron chi connectivity index (χ0n) is 11.1. The first-order valence-corrected chi connectivity index (χ1v) is 5.91. The molecule has 0 aromatic heterocycles. The molecular weight excluding hydrogens is 264 g/mol. The molecule has 0 N–H and O–H groups in total. The lowest BCUT2D eigenvalue weighted by Gasteiger charge is -2.15. The Kier molecular flexibility index (Phi) is 4.10. The molecular formula is C15H13F2NO2. The van der Waals surface area contributed by atoms with Crippen LogP contribution in [0, 0.1) is 11.6 Å². The van der Waals surface area contributed by atoms with Crippen LogP contribution in [0.5, 0.6) is 0 Å². The molecule has 0 aliphatic carbocycles. The summed E-state index contributed by atoms with van der Waals surface area (Å²) in [6.07, 6.45) is 0. The molecule has 0 saturated heterocycles. The van der Waals surface area contributed by atoms with Crippen molar-refractivity contribution in [2.24, 2.45) is 0 Å². The van der Waals surface area contributed by atoms with Gasteiger partial charge in [-0.2, -0.15) is 0 Å². The lowest BCUT2D eigenvalue weighted by molar-refractivity contribution is -0.0757. The maximum Gasteiger partial charge on any atom is 0.277 e. The van der Waals surface area contributed by atoms with E-state index in [1.54, 1.807) is 30.3 Å². The van der Waals surface area contributed by atoms with Crippen molar-refractivity contribution in [2.75, 3.05) is 14.2 Å². The van der Waals surface area contributed by atoms with Crippen molar-refractivity contribution < 1.29 is 18.4 Å². The fourth-order valence-electron chi connectivity index (χ4n) is 1.81. The smallest absolute Gasteiger partial charge is 0.274 e. The van der Waals surface area contributed by atoms with Crippen molar-refractivity contribution in [1.82, 2.24) is 5.06 Å². The summed E-state index contributed by atoms with van der Waals surface area (Å²) in [6.45, 7) is 0. The standard InChI is InChI=1S/C15H13F2NO2/c1-18(20-2)15(19)11-8-12(14(17)13(16)9-11)10-6-4-3-5-7-10/h3-9H,1-2H3. The third-order valence-corrected chi connectivity index (χ3v) is 2.92. The highest BCUT2D eigenvalue weighted by Gasteiger charge is 2.18. The Bertz CT molecular complexity index is 629. The van der Waals surface area contributed by atoms with Gasteiger partial charge in [-0.3, -0.25) is 9.63 Å². The van der Waals surface area contributed by atoms with Crippen molar-refractivity contribution in [3.05, 3.63) is 59.7 Å². The summed E-state index contributed by atoms with van der Waals surface area (Å²) in [6, 6.07) is 10.7. The number of hydroxylamine groups is 2. The zero-order valence-corrected chi connectivity index (χ0v) is 11.1. The second-order valence-electron chi connectivity index (χ2n) is 4.17. The summed E-state index contributed by atoms with van der Waals surface area (Å²) in [4.78, 5) is 16.7. The fraction of sp³-hybridized carbons (Fsp3) is 0.133. The summed E-state index contributed by atoms with van der Waals surface area (Å²) >= 11 is 0. The molecule has 2 rings (SSSR count). The topological polar surface area (TPSA) is 29.5 Å². The first-order chi connectivity index (χ1) is 9.54. The van der Waals surface area contributed by atoms with Crippen LogP contribution in [-0.4, -0.2) is 25.1 Å². The van der Waals surface area contributed by atoms with Gasteiger partial charge in [-0.25, -0.2) is 13.8 Å². The van der Waals surface area contributed by atoms with Gasteiger partial charge in [0.1, 0.15) is 0 Å². The highest BCUT2D eigenvalue weighted by molar-refractivity contribution is 5.94. The molecule has 0 aliphatic heterocycles. The van der Waals surface area contributed by atoms with Gasteiger partial charge in [0.2, 0.25) is 0 Å². The largest absolute Gasteiger partial charge is 0.277 e. The number of carbonyl (C=O) groups excluding carboxylic acids is 1. The summed E-state index contributed by atoms with van der Waals surface area (Å²) in [7, 11) is 2.71. The number of benzene rings is 2. The number of halogens is 2. The summed E-state index contributed by atoms with van der Waals surface area (Å²) in [5.41, 5.74) is 0.559. The number of rotatable bonds is 3. The van der Waals surface area contributed by atoms with Crippen molar-refractivity contribution in [3.8, 4) is 11.1 Å². The van der Waals surface area contributed by atoms with Crippen LogP contribution in [0.2, 0.25) is 0 Å². The fourth-order valence-corrected chi connectivity index (χ4v) is 1.81. The van der Waals surface area contributed by atoms with E-state index in [0.29, 0.717) is 5.56 Å². The molecule has 104 valence electrons. The van der Waals surface area contributed by atoms with Gasteiger partial charge in [-0.1, -0.05) is 30.3 Å². The Balaban J connectivity index is 2.54. The molecule has 0 spiro atoms. The number of hydrogen-bond acceptors (Lipinski definition) is 2. The molecule has 0 radical (unpaired) electrons. The van der Waals surface area contributed by atoms with Crippen molar-refractivity contribution in [3.63, 3.8) is 0 Å². The van der Waals surface area contributed by atoms with Crippen LogP contribution in [0.15, 0.2) is 42.5 Å². The number of hydrogen-bond donors (Lipinski definition) is 0. The lowest BCUT2D eigenvalue weighted by Crippen LogP contribution is -2.25. The maximum atomic E-state index is 13.9. The highest BCUT2D eigenvalue weighted by atomic mass is 19.2. The number of carbonyl (C=O) groups is 1. The molecule has 2 aromatic carbocycles. The third-order valence-electron chi connectivity index (χ3n) is 2.92. The molecule has 1 amide bonds. The predicted octanol–water partition coefficient (Wildman–Crippen LogP) is 3.27. The minimum absolute atomic E-state index is 0.0205. The first kappa shape index (κ1) is 14.1. The van der Waals surface area contributed by atoms with Gasteiger partial charge in [-0.05, 0) is 17.7 Å². The average Bonchev–Trinajstić information content (AvgIpc) is 2.49. The molecule has 0 bridgehead atoms. The van der Waals surface area contributed by atoms with Crippen LogP contribution in [0.25, 0.3) is 11.1 Å². The Morgan fingerprint density at radius 3 is 2.40 bits per heavy atom. The van der Waals surface area contributed by atoms with E-state index in [1.165, 1.54) is 20.2 Å². The third kappa shape index (κ3) is 2.67. The van der Waals surface area contributed by atoms with Gasteiger partial charge in [0.05, 0.1) is 7.11 Å². The monoisotopic (exact) mass is 277 g/mol. The molecule has 0 unspecified atom stereocenters. The minimum atomic E-state index is -1.07. The predicted molar refractivity (Wildman–Crippen MR) is 70.9 cm³/mol. The van der Waals surface area contributed by atoms with Gasteiger partial charge in [0.15, 0.2) is 11.6 Å². The molecule has 0 aliphatic rings. The Hall–Kier alpha value is -2.27. The Morgan fingerprint density at radius 1 is 1.15 bits per heavy atom. The van der Waals surface area contributed by atoms with E-state index in [1.807, 2.05) is 0 Å². The van der Waals surface area contributed by atoms with E-state index in [4.69, 9.17) is 4.84 Å².